The molecule has 0 aliphatic carbocycles. The van der Waals surface area contributed by atoms with Gasteiger partial charge in [0, 0.05) is 11.1 Å². The van der Waals surface area contributed by atoms with Crippen molar-refractivity contribution in [2.75, 3.05) is 0 Å². The molecule has 3 rings (SSSR count). The number of hydrogen-bond acceptors (Lipinski definition) is 1. The molecule has 0 aliphatic rings. The first kappa shape index (κ1) is 13.9. The van der Waals surface area contributed by atoms with Crippen LogP contribution in [0.3, 0.4) is 0 Å². The highest BCUT2D eigenvalue weighted by Gasteiger charge is 2.13. The maximum Gasteiger partial charge on any atom is 0.182 e. The van der Waals surface area contributed by atoms with E-state index in [1.54, 1.807) is 22.8 Å². The van der Waals surface area contributed by atoms with E-state index in [2.05, 4.69) is 4.98 Å². The molecular weight excluding hydrogens is 342 g/mol. The molecule has 0 fully saturated rings. The normalized spacial score (nSPS) is 11.2. The van der Waals surface area contributed by atoms with Crippen LogP contribution in [0.2, 0.25) is 15.1 Å². The molecule has 1 heterocycles. The number of aromatic amines is 1. The Kier molecular flexibility index (Phi) is 3.50. The minimum Gasteiger partial charge on any atom is -0.330 e. The first-order valence-corrected chi connectivity index (χ1v) is 7.07. The molecule has 0 radical (unpaired) electrons. The molecule has 0 unspecified atom stereocenters. The fraction of sp³-hybridized carbons (Fsp3) is 0. The molecule has 0 spiro atoms. The van der Waals surface area contributed by atoms with E-state index in [4.69, 9.17) is 47.0 Å². The lowest BCUT2D eigenvalue weighted by molar-refractivity contribution is 0.630. The van der Waals surface area contributed by atoms with Crippen LogP contribution in [0, 0.1) is 10.6 Å². The standard InChI is InChI=1S/C13H6Cl3FN2S/c14-6-1-2-7(15)11(3-6)19-12-4-8(16)9(17)5-10(12)18-13(19)20/h1-5H,(H,18,20). The molecule has 0 atom stereocenters. The summed E-state index contributed by atoms with van der Waals surface area (Å²) in [5.74, 6) is -0.514. The van der Waals surface area contributed by atoms with Crippen molar-refractivity contribution in [2.45, 2.75) is 0 Å². The van der Waals surface area contributed by atoms with E-state index in [0.29, 0.717) is 31.5 Å². The van der Waals surface area contributed by atoms with E-state index in [9.17, 15) is 4.39 Å². The van der Waals surface area contributed by atoms with Gasteiger partial charge in [0.25, 0.3) is 0 Å². The van der Waals surface area contributed by atoms with Crippen LogP contribution in [0.15, 0.2) is 30.3 Å². The quantitative estimate of drug-likeness (QED) is 0.553. The lowest BCUT2D eigenvalue weighted by atomic mass is 10.2. The molecule has 0 saturated carbocycles. The van der Waals surface area contributed by atoms with Crippen LogP contribution in [-0.2, 0) is 0 Å². The van der Waals surface area contributed by atoms with Crippen molar-refractivity contribution >= 4 is 58.1 Å². The van der Waals surface area contributed by atoms with Crippen molar-refractivity contribution in [3.05, 3.63) is 56.0 Å². The second-order valence-corrected chi connectivity index (χ2v) is 5.78. The van der Waals surface area contributed by atoms with Gasteiger partial charge >= 0.3 is 0 Å². The monoisotopic (exact) mass is 346 g/mol. The van der Waals surface area contributed by atoms with E-state index in [-0.39, 0.29) is 5.02 Å². The maximum absolute atomic E-state index is 13.5. The van der Waals surface area contributed by atoms with Crippen LogP contribution in [0.25, 0.3) is 16.7 Å². The Morgan fingerprint density at radius 3 is 2.55 bits per heavy atom. The maximum atomic E-state index is 13.5. The van der Waals surface area contributed by atoms with Gasteiger partial charge < -0.3 is 4.98 Å². The number of benzene rings is 2. The third kappa shape index (κ3) is 2.23. The Morgan fingerprint density at radius 2 is 1.80 bits per heavy atom. The van der Waals surface area contributed by atoms with Crippen LogP contribution in [0.5, 0.6) is 0 Å². The van der Waals surface area contributed by atoms with Crippen molar-refractivity contribution in [3.8, 4) is 5.69 Å². The summed E-state index contributed by atoms with van der Waals surface area (Å²) in [6.07, 6.45) is 0. The molecule has 0 amide bonds. The molecule has 3 aromatic rings. The summed E-state index contributed by atoms with van der Waals surface area (Å²) < 4.78 is 15.5. The summed E-state index contributed by atoms with van der Waals surface area (Å²) in [5.41, 5.74) is 1.77. The van der Waals surface area contributed by atoms with Gasteiger partial charge in [-0.2, -0.15) is 0 Å². The molecule has 2 aromatic carbocycles. The summed E-state index contributed by atoms with van der Waals surface area (Å²) >= 11 is 23.3. The van der Waals surface area contributed by atoms with Gasteiger partial charge in [-0.05, 0) is 36.5 Å². The smallest absolute Gasteiger partial charge is 0.182 e. The fourth-order valence-electron chi connectivity index (χ4n) is 2.00. The van der Waals surface area contributed by atoms with Gasteiger partial charge in [-0.1, -0.05) is 34.8 Å². The van der Waals surface area contributed by atoms with E-state index < -0.39 is 5.82 Å². The zero-order valence-electron chi connectivity index (χ0n) is 9.75. The van der Waals surface area contributed by atoms with Crippen molar-refractivity contribution < 1.29 is 4.39 Å². The largest absolute Gasteiger partial charge is 0.330 e. The summed E-state index contributed by atoms with van der Waals surface area (Å²) in [6, 6.07) is 7.83. The van der Waals surface area contributed by atoms with Crippen molar-refractivity contribution in [1.29, 1.82) is 0 Å². The molecule has 0 aliphatic heterocycles. The number of rotatable bonds is 1. The average molecular weight is 348 g/mol. The first-order chi connectivity index (χ1) is 9.47. The molecule has 1 aromatic heterocycles. The van der Waals surface area contributed by atoms with Crippen LogP contribution >= 0.6 is 47.0 Å². The number of H-pyrrole nitrogens is 1. The van der Waals surface area contributed by atoms with E-state index in [1.165, 1.54) is 12.1 Å². The van der Waals surface area contributed by atoms with Crippen LogP contribution in [0.4, 0.5) is 4.39 Å². The lowest BCUT2D eigenvalue weighted by Crippen LogP contribution is -1.95. The third-order valence-corrected chi connectivity index (χ3v) is 4.00. The Balaban J connectivity index is 2.42. The van der Waals surface area contributed by atoms with Gasteiger partial charge in [-0.25, -0.2) is 4.39 Å². The highest BCUT2D eigenvalue weighted by molar-refractivity contribution is 7.71. The summed E-state index contributed by atoms with van der Waals surface area (Å²) in [6.45, 7) is 0. The number of halogens is 4. The predicted octanol–water partition coefficient (Wildman–Crippen LogP) is 5.79. The van der Waals surface area contributed by atoms with Gasteiger partial charge in [0.2, 0.25) is 0 Å². The van der Waals surface area contributed by atoms with E-state index >= 15 is 0 Å². The molecule has 0 saturated heterocycles. The SMILES string of the molecule is Fc1cc2[nH]c(=S)n(-c3cc(Cl)ccc3Cl)c2cc1Cl. The zero-order chi connectivity index (χ0) is 14.4. The third-order valence-electron chi connectivity index (χ3n) is 2.87. The van der Waals surface area contributed by atoms with Crippen molar-refractivity contribution in [3.63, 3.8) is 0 Å². The van der Waals surface area contributed by atoms with Crippen LogP contribution < -0.4 is 0 Å². The average Bonchev–Trinajstić information content (AvgIpc) is 2.69. The van der Waals surface area contributed by atoms with E-state index in [0.717, 1.165) is 0 Å². The van der Waals surface area contributed by atoms with Gasteiger partial charge in [-0.3, -0.25) is 4.57 Å². The van der Waals surface area contributed by atoms with Crippen molar-refractivity contribution in [2.24, 2.45) is 0 Å². The van der Waals surface area contributed by atoms with Gasteiger partial charge in [0.05, 0.1) is 26.8 Å². The number of nitrogens with zero attached hydrogens (tertiary/aromatic N) is 1. The Morgan fingerprint density at radius 1 is 1.05 bits per heavy atom. The lowest BCUT2D eigenvalue weighted by Gasteiger charge is -2.08. The topological polar surface area (TPSA) is 20.7 Å². The molecule has 0 bridgehead atoms. The fourth-order valence-corrected chi connectivity index (χ4v) is 2.83. The van der Waals surface area contributed by atoms with Gasteiger partial charge in [-0.15, -0.1) is 0 Å². The summed E-state index contributed by atoms with van der Waals surface area (Å²) in [5, 5.41) is 1.01. The zero-order valence-corrected chi connectivity index (χ0v) is 12.8. The first-order valence-electron chi connectivity index (χ1n) is 5.52. The number of imidazole rings is 1. The molecule has 102 valence electrons. The highest BCUT2D eigenvalue weighted by Crippen LogP contribution is 2.30. The molecule has 1 N–H and O–H groups in total. The molecule has 20 heavy (non-hydrogen) atoms. The van der Waals surface area contributed by atoms with Crippen LogP contribution in [0.1, 0.15) is 0 Å². The van der Waals surface area contributed by atoms with Gasteiger partial charge in [0.1, 0.15) is 5.82 Å². The highest BCUT2D eigenvalue weighted by atomic mass is 35.5. The Labute approximate surface area is 133 Å². The van der Waals surface area contributed by atoms with Crippen LogP contribution in [-0.4, -0.2) is 9.55 Å². The minimum atomic E-state index is -0.514. The summed E-state index contributed by atoms with van der Waals surface area (Å²) in [7, 11) is 0. The second kappa shape index (κ2) is 5.04. The second-order valence-electron chi connectivity index (χ2n) is 4.14. The number of nitrogens with one attached hydrogen (secondary N) is 1. The molecule has 7 heteroatoms. The number of hydrogen-bond donors (Lipinski definition) is 1. The Hall–Kier alpha value is -1.07. The van der Waals surface area contributed by atoms with E-state index in [1.807, 2.05) is 0 Å². The molecular formula is C13H6Cl3FN2S. The summed E-state index contributed by atoms with van der Waals surface area (Å²) in [4.78, 5) is 2.92. The van der Waals surface area contributed by atoms with Crippen molar-refractivity contribution in [1.82, 2.24) is 9.55 Å². The minimum absolute atomic E-state index is 0.0124. The number of fused-ring (bicyclic) bond motifs is 1. The Bertz CT molecular complexity index is 885. The van der Waals surface area contributed by atoms with Gasteiger partial charge in [0.15, 0.2) is 4.77 Å². The number of aromatic nitrogens is 2. The molecule has 2 nitrogen and oxygen atoms in total. The predicted molar refractivity (Wildman–Crippen MR) is 83.4 cm³/mol.